The van der Waals surface area contributed by atoms with Gasteiger partial charge in [0.25, 0.3) is 5.69 Å². The van der Waals surface area contributed by atoms with Crippen molar-refractivity contribution < 1.29 is 19.2 Å². The molecule has 1 aromatic carbocycles. The van der Waals surface area contributed by atoms with Gasteiger partial charge in [-0.2, -0.15) is 5.26 Å². The van der Waals surface area contributed by atoms with E-state index in [1.165, 1.54) is 18.2 Å². The van der Waals surface area contributed by atoms with Crippen LogP contribution in [0.25, 0.3) is 0 Å². The van der Waals surface area contributed by atoms with Gasteiger partial charge in [0, 0.05) is 12.6 Å². The van der Waals surface area contributed by atoms with Crippen LogP contribution in [0.15, 0.2) is 18.2 Å². The van der Waals surface area contributed by atoms with Crippen LogP contribution < -0.4 is 4.74 Å². The third-order valence-corrected chi connectivity index (χ3v) is 4.00. The number of likely N-dealkylation sites (tertiary alicyclic amines) is 1. The number of nitrogens with zero attached hydrogens (tertiary/aromatic N) is 3. The predicted octanol–water partition coefficient (Wildman–Crippen LogP) is 3.63. The highest BCUT2D eigenvalue weighted by Gasteiger charge is 2.31. The van der Waals surface area contributed by atoms with Crippen molar-refractivity contribution in [2.24, 2.45) is 0 Å². The molecule has 0 aromatic heterocycles. The summed E-state index contributed by atoms with van der Waals surface area (Å²) in [5, 5.41) is 20.3. The normalized spacial score (nSPS) is 17.3. The van der Waals surface area contributed by atoms with Crippen LogP contribution >= 0.6 is 0 Å². The zero-order chi connectivity index (χ0) is 19.3. The second-order valence-corrected chi connectivity index (χ2v) is 7.15. The minimum atomic E-state index is -0.612. The standard InChI is InChI=1S/C18H23N3O5/c1-18(2,3)26-17(22)20-10-5-4-7-13(20)12-25-16-9-6-8-15(21(23)24)14(16)11-19/h6,8-9,13H,4-5,7,10,12H2,1-3H3. The van der Waals surface area contributed by atoms with Gasteiger partial charge in [0.1, 0.15) is 24.0 Å². The maximum absolute atomic E-state index is 12.4. The summed E-state index contributed by atoms with van der Waals surface area (Å²) in [4.78, 5) is 24.5. The maximum atomic E-state index is 12.4. The van der Waals surface area contributed by atoms with Crippen molar-refractivity contribution >= 4 is 11.8 Å². The predicted molar refractivity (Wildman–Crippen MR) is 93.9 cm³/mol. The Bertz CT molecular complexity index is 721. The highest BCUT2D eigenvalue weighted by Crippen LogP contribution is 2.28. The summed E-state index contributed by atoms with van der Waals surface area (Å²) in [6.07, 6.45) is 2.18. The smallest absolute Gasteiger partial charge is 0.410 e. The third kappa shape index (κ3) is 4.85. The van der Waals surface area contributed by atoms with Crippen molar-refractivity contribution in [1.82, 2.24) is 4.90 Å². The van der Waals surface area contributed by atoms with Gasteiger partial charge < -0.3 is 14.4 Å². The number of carbonyl (C=O) groups excluding carboxylic acids is 1. The summed E-state index contributed by atoms with van der Waals surface area (Å²) in [6, 6.07) is 5.88. The molecular weight excluding hydrogens is 338 g/mol. The van der Waals surface area contributed by atoms with E-state index in [4.69, 9.17) is 9.47 Å². The molecule has 1 aliphatic rings. The van der Waals surface area contributed by atoms with Crippen molar-refractivity contribution in [3.05, 3.63) is 33.9 Å². The molecule has 0 N–H and O–H groups in total. The lowest BCUT2D eigenvalue weighted by Gasteiger charge is -2.36. The maximum Gasteiger partial charge on any atom is 0.410 e. The summed E-state index contributed by atoms with van der Waals surface area (Å²) in [7, 11) is 0. The summed E-state index contributed by atoms with van der Waals surface area (Å²) in [5.41, 5.74) is -0.997. The van der Waals surface area contributed by atoms with Gasteiger partial charge in [0.15, 0.2) is 5.56 Å². The Kier molecular flexibility index (Phi) is 6.03. The molecule has 1 aromatic rings. The lowest BCUT2D eigenvalue weighted by atomic mass is 10.0. The van der Waals surface area contributed by atoms with Crippen LogP contribution in [-0.4, -0.2) is 40.7 Å². The molecule has 1 heterocycles. The lowest BCUT2D eigenvalue weighted by Crippen LogP contribution is -2.48. The Hall–Kier alpha value is -2.82. The molecule has 1 saturated heterocycles. The number of nitro benzene ring substituents is 1. The highest BCUT2D eigenvalue weighted by atomic mass is 16.6. The third-order valence-electron chi connectivity index (χ3n) is 4.00. The molecular formula is C18H23N3O5. The topological polar surface area (TPSA) is 106 Å². The van der Waals surface area contributed by atoms with Crippen LogP contribution in [0.4, 0.5) is 10.5 Å². The first kappa shape index (κ1) is 19.5. The van der Waals surface area contributed by atoms with E-state index in [1.807, 2.05) is 26.8 Å². The molecule has 0 spiro atoms. The number of carbonyl (C=O) groups is 1. The summed E-state index contributed by atoms with van der Waals surface area (Å²) in [5.74, 6) is 0.149. The van der Waals surface area contributed by atoms with E-state index in [0.717, 1.165) is 19.3 Å². The second-order valence-electron chi connectivity index (χ2n) is 7.15. The Balaban J connectivity index is 2.12. The van der Waals surface area contributed by atoms with Crippen molar-refractivity contribution in [3.8, 4) is 11.8 Å². The van der Waals surface area contributed by atoms with Gasteiger partial charge in [0.2, 0.25) is 0 Å². The van der Waals surface area contributed by atoms with Gasteiger partial charge >= 0.3 is 6.09 Å². The second kappa shape index (κ2) is 8.04. The Labute approximate surface area is 152 Å². The van der Waals surface area contributed by atoms with Crippen LogP contribution in [0, 0.1) is 21.4 Å². The first-order valence-corrected chi connectivity index (χ1v) is 8.53. The lowest BCUT2D eigenvalue weighted by molar-refractivity contribution is -0.385. The van der Waals surface area contributed by atoms with Crippen molar-refractivity contribution in [1.29, 1.82) is 5.26 Å². The monoisotopic (exact) mass is 361 g/mol. The molecule has 8 heteroatoms. The van der Waals surface area contributed by atoms with E-state index < -0.39 is 16.6 Å². The van der Waals surface area contributed by atoms with Crippen LogP contribution in [0.3, 0.4) is 0 Å². The molecule has 1 unspecified atom stereocenters. The van der Waals surface area contributed by atoms with Gasteiger partial charge in [0.05, 0.1) is 11.0 Å². The first-order valence-electron chi connectivity index (χ1n) is 8.53. The van der Waals surface area contributed by atoms with E-state index in [9.17, 15) is 20.2 Å². The molecule has 1 aliphatic heterocycles. The minimum absolute atomic E-state index is 0.114. The van der Waals surface area contributed by atoms with Crippen LogP contribution in [0.2, 0.25) is 0 Å². The average molecular weight is 361 g/mol. The Morgan fingerprint density at radius 3 is 2.77 bits per heavy atom. The Morgan fingerprint density at radius 2 is 2.15 bits per heavy atom. The molecule has 0 bridgehead atoms. The average Bonchev–Trinajstić information content (AvgIpc) is 2.58. The number of ether oxygens (including phenoxy) is 2. The number of piperidine rings is 1. The number of hydrogen-bond donors (Lipinski definition) is 0. The van der Waals surface area contributed by atoms with Crippen LogP contribution in [0.5, 0.6) is 5.75 Å². The van der Waals surface area contributed by atoms with E-state index >= 15 is 0 Å². The molecule has 0 radical (unpaired) electrons. The molecule has 1 fully saturated rings. The molecule has 0 aliphatic carbocycles. The molecule has 140 valence electrons. The zero-order valence-electron chi connectivity index (χ0n) is 15.2. The van der Waals surface area contributed by atoms with Gasteiger partial charge in [-0.25, -0.2) is 4.79 Å². The molecule has 1 atom stereocenters. The van der Waals surface area contributed by atoms with E-state index in [-0.39, 0.29) is 29.6 Å². The quantitative estimate of drug-likeness (QED) is 0.599. The largest absolute Gasteiger partial charge is 0.490 e. The molecule has 2 rings (SSSR count). The van der Waals surface area contributed by atoms with Crippen molar-refractivity contribution in [2.45, 2.75) is 51.7 Å². The number of rotatable bonds is 4. The van der Waals surface area contributed by atoms with Gasteiger partial charge in [-0.15, -0.1) is 0 Å². The summed E-state index contributed by atoms with van der Waals surface area (Å²) in [6.45, 7) is 6.14. The van der Waals surface area contributed by atoms with E-state index in [0.29, 0.717) is 6.54 Å². The van der Waals surface area contributed by atoms with Crippen LogP contribution in [-0.2, 0) is 4.74 Å². The number of hydrogen-bond acceptors (Lipinski definition) is 6. The summed E-state index contributed by atoms with van der Waals surface area (Å²) < 4.78 is 11.1. The number of nitro groups is 1. The Morgan fingerprint density at radius 1 is 1.42 bits per heavy atom. The number of nitriles is 1. The molecule has 26 heavy (non-hydrogen) atoms. The molecule has 0 saturated carbocycles. The van der Waals surface area contributed by atoms with Crippen molar-refractivity contribution in [3.63, 3.8) is 0 Å². The number of benzene rings is 1. The fourth-order valence-corrected chi connectivity index (χ4v) is 2.83. The van der Waals surface area contributed by atoms with Crippen molar-refractivity contribution in [2.75, 3.05) is 13.2 Å². The van der Waals surface area contributed by atoms with E-state index in [1.54, 1.807) is 4.90 Å². The number of amides is 1. The SMILES string of the molecule is CC(C)(C)OC(=O)N1CCCCC1COc1cccc([N+](=O)[O-])c1C#N. The van der Waals surface area contributed by atoms with Gasteiger partial charge in [-0.1, -0.05) is 6.07 Å². The summed E-state index contributed by atoms with van der Waals surface area (Å²) >= 11 is 0. The first-order chi connectivity index (χ1) is 12.2. The zero-order valence-corrected chi connectivity index (χ0v) is 15.2. The fraction of sp³-hybridized carbons (Fsp3) is 0.556. The van der Waals surface area contributed by atoms with Crippen LogP contribution in [0.1, 0.15) is 45.6 Å². The van der Waals surface area contributed by atoms with E-state index in [2.05, 4.69) is 0 Å². The van der Waals surface area contributed by atoms with Gasteiger partial charge in [-0.05, 0) is 46.1 Å². The highest BCUT2D eigenvalue weighted by molar-refractivity contribution is 5.68. The minimum Gasteiger partial charge on any atom is -0.490 e. The molecule has 1 amide bonds. The molecule has 8 nitrogen and oxygen atoms in total. The van der Waals surface area contributed by atoms with Gasteiger partial charge in [-0.3, -0.25) is 10.1 Å². The fourth-order valence-electron chi connectivity index (χ4n) is 2.83.